The predicted molar refractivity (Wildman–Crippen MR) is 92.6 cm³/mol. The highest BCUT2D eigenvalue weighted by Crippen LogP contribution is 2.14. The summed E-state index contributed by atoms with van der Waals surface area (Å²) in [7, 11) is 0. The Balaban J connectivity index is 1.57. The summed E-state index contributed by atoms with van der Waals surface area (Å²) < 4.78 is 1.46. The van der Waals surface area contributed by atoms with Crippen LogP contribution in [-0.4, -0.2) is 27.1 Å². The van der Waals surface area contributed by atoms with Crippen LogP contribution in [0.2, 0.25) is 5.02 Å². The van der Waals surface area contributed by atoms with Gasteiger partial charge >= 0.3 is 0 Å². The number of carbonyl (C=O) groups excluding carboxylic acids is 1. The number of carbonyl (C=O) groups is 1. The zero-order valence-electron chi connectivity index (χ0n) is 12.6. The predicted octanol–water partition coefficient (Wildman–Crippen LogP) is 2.75. The fraction of sp³-hybridized carbons (Fsp3) is 0.0588. The van der Waals surface area contributed by atoms with Gasteiger partial charge < -0.3 is 0 Å². The first-order valence-electron chi connectivity index (χ1n) is 7.24. The van der Waals surface area contributed by atoms with Gasteiger partial charge in [-0.3, -0.25) is 4.79 Å². The minimum atomic E-state index is -0.294. The van der Waals surface area contributed by atoms with Gasteiger partial charge in [-0.05, 0) is 17.7 Å². The molecule has 1 aromatic heterocycles. The molecule has 120 valence electrons. The van der Waals surface area contributed by atoms with Crippen LogP contribution >= 0.6 is 11.6 Å². The first-order chi connectivity index (χ1) is 11.7. The lowest BCUT2D eigenvalue weighted by Crippen LogP contribution is -2.23. The molecule has 0 spiro atoms. The van der Waals surface area contributed by atoms with Crippen molar-refractivity contribution in [3.05, 3.63) is 71.4 Å². The molecule has 6 nitrogen and oxygen atoms in total. The molecular formula is C17H14ClN5O. The van der Waals surface area contributed by atoms with Crippen molar-refractivity contribution >= 4 is 23.7 Å². The van der Waals surface area contributed by atoms with Crippen molar-refractivity contribution in [3.8, 4) is 11.3 Å². The Kier molecular flexibility index (Phi) is 4.98. The number of hydrogen-bond acceptors (Lipinski definition) is 4. The molecule has 1 heterocycles. The maximum absolute atomic E-state index is 11.9. The lowest BCUT2D eigenvalue weighted by atomic mass is 10.2. The smallest absolute Gasteiger partial charge is 0.261 e. The van der Waals surface area contributed by atoms with Gasteiger partial charge in [-0.25, -0.2) is 10.1 Å². The highest BCUT2D eigenvalue weighted by Gasteiger charge is 2.06. The standard InChI is InChI=1S/C17H14ClN5O/c18-15-8-4-5-13(9-15)10-19-21-17(24)12-23-11-16(20-22-23)14-6-2-1-3-7-14/h1-11H,12H2,(H,21,24). The lowest BCUT2D eigenvalue weighted by molar-refractivity contribution is -0.121. The van der Waals surface area contributed by atoms with Gasteiger partial charge in [-0.15, -0.1) is 5.10 Å². The van der Waals surface area contributed by atoms with Crippen LogP contribution in [0.4, 0.5) is 0 Å². The number of benzene rings is 2. The Bertz CT molecular complexity index is 860. The largest absolute Gasteiger partial charge is 0.271 e. The molecule has 3 rings (SSSR count). The van der Waals surface area contributed by atoms with E-state index in [1.54, 1.807) is 18.3 Å². The average Bonchev–Trinajstić information content (AvgIpc) is 3.04. The second kappa shape index (κ2) is 7.52. The number of hydrogen-bond donors (Lipinski definition) is 1. The normalized spacial score (nSPS) is 10.9. The molecule has 0 atom stereocenters. The van der Waals surface area contributed by atoms with Gasteiger partial charge in [0.25, 0.3) is 5.91 Å². The van der Waals surface area contributed by atoms with Gasteiger partial charge in [-0.1, -0.05) is 59.3 Å². The topological polar surface area (TPSA) is 72.2 Å². The molecule has 0 aliphatic rings. The fourth-order valence-electron chi connectivity index (χ4n) is 2.07. The summed E-state index contributed by atoms with van der Waals surface area (Å²) in [6.07, 6.45) is 3.25. The van der Waals surface area contributed by atoms with E-state index < -0.39 is 0 Å². The molecule has 0 bridgehead atoms. The Hall–Kier alpha value is -2.99. The zero-order chi connectivity index (χ0) is 16.8. The minimum Gasteiger partial charge on any atom is -0.271 e. The molecule has 1 N–H and O–H groups in total. The summed E-state index contributed by atoms with van der Waals surface area (Å²) in [5.74, 6) is -0.294. The summed E-state index contributed by atoms with van der Waals surface area (Å²) in [5.41, 5.74) is 4.91. The number of halogens is 1. The van der Waals surface area contributed by atoms with Crippen LogP contribution in [0.15, 0.2) is 65.9 Å². The van der Waals surface area contributed by atoms with E-state index in [1.807, 2.05) is 42.5 Å². The molecule has 0 radical (unpaired) electrons. The fourth-order valence-corrected chi connectivity index (χ4v) is 2.26. The van der Waals surface area contributed by atoms with Gasteiger partial charge in [-0.2, -0.15) is 5.10 Å². The third-order valence-corrected chi connectivity index (χ3v) is 3.40. The van der Waals surface area contributed by atoms with Gasteiger partial charge in [0.2, 0.25) is 0 Å². The van der Waals surface area contributed by atoms with Crippen molar-refractivity contribution in [3.63, 3.8) is 0 Å². The van der Waals surface area contributed by atoms with E-state index >= 15 is 0 Å². The average molecular weight is 340 g/mol. The Morgan fingerprint density at radius 1 is 1.21 bits per heavy atom. The van der Waals surface area contributed by atoms with Crippen molar-refractivity contribution in [2.45, 2.75) is 6.54 Å². The van der Waals surface area contributed by atoms with Crippen LogP contribution in [0.1, 0.15) is 5.56 Å². The summed E-state index contributed by atoms with van der Waals surface area (Å²) >= 11 is 5.88. The van der Waals surface area contributed by atoms with Gasteiger partial charge in [0.15, 0.2) is 0 Å². The van der Waals surface area contributed by atoms with Crippen LogP contribution in [0.5, 0.6) is 0 Å². The second-order valence-electron chi connectivity index (χ2n) is 5.02. The monoisotopic (exact) mass is 339 g/mol. The van der Waals surface area contributed by atoms with Crippen molar-refractivity contribution in [2.75, 3.05) is 0 Å². The van der Waals surface area contributed by atoms with Crippen LogP contribution < -0.4 is 5.43 Å². The Morgan fingerprint density at radius 3 is 2.83 bits per heavy atom. The van der Waals surface area contributed by atoms with E-state index in [0.29, 0.717) is 10.7 Å². The summed E-state index contributed by atoms with van der Waals surface area (Å²) in [6, 6.07) is 16.8. The molecular weight excluding hydrogens is 326 g/mol. The maximum atomic E-state index is 11.9. The summed E-state index contributed by atoms with van der Waals surface area (Å²) in [4.78, 5) is 11.9. The molecule has 0 saturated carbocycles. The minimum absolute atomic E-state index is 0.0344. The molecule has 1 amide bonds. The van der Waals surface area contributed by atoms with Gasteiger partial charge in [0, 0.05) is 10.6 Å². The van der Waals surface area contributed by atoms with Crippen LogP contribution in [0, 0.1) is 0 Å². The maximum Gasteiger partial charge on any atom is 0.261 e. The molecule has 24 heavy (non-hydrogen) atoms. The molecule has 2 aromatic carbocycles. The molecule has 0 fully saturated rings. The Labute approximate surface area is 143 Å². The molecule has 0 saturated heterocycles. The molecule has 0 aliphatic heterocycles. The first kappa shape index (κ1) is 15.9. The number of nitrogens with one attached hydrogen (secondary N) is 1. The number of aromatic nitrogens is 3. The van der Waals surface area contributed by atoms with E-state index in [4.69, 9.17) is 11.6 Å². The van der Waals surface area contributed by atoms with Crippen molar-refractivity contribution in [2.24, 2.45) is 5.10 Å². The van der Waals surface area contributed by atoms with E-state index in [0.717, 1.165) is 11.1 Å². The number of nitrogens with zero attached hydrogens (tertiary/aromatic N) is 4. The lowest BCUT2D eigenvalue weighted by Gasteiger charge is -1.99. The second-order valence-corrected chi connectivity index (χ2v) is 5.45. The van der Waals surface area contributed by atoms with E-state index in [1.165, 1.54) is 10.9 Å². The first-order valence-corrected chi connectivity index (χ1v) is 7.61. The van der Waals surface area contributed by atoms with Crippen molar-refractivity contribution < 1.29 is 4.79 Å². The quantitative estimate of drug-likeness (QED) is 0.574. The highest BCUT2D eigenvalue weighted by atomic mass is 35.5. The SMILES string of the molecule is O=C(Cn1cc(-c2ccccc2)nn1)NN=Cc1cccc(Cl)c1. The third kappa shape index (κ3) is 4.27. The Morgan fingerprint density at radius 2 is 2.04 bits per heavy atom. The molecule has 3 aromatic rings. The van der Waals surface area contributed by atoms with Gasteiger partial charge in [0.05, 0.1) is 12.4 Å². The summed E-state index contributed by atoms with van der Waals surface area (Å²) in [6.45, 7) is 0.0344. The van der Waals surface area contributed by atoms with Crippen LogP contribution in [0.3, 0.4) is 0 Å². The highest BCUT2D eigenvalue weighted by molar-refractivity contribution is 6.30. The number of hydrazone groups is 1. The third-order valence-electron chi connectivity index (χ3n) is 3.17. The van der Waals surface area contributed by atoms with Crippen LogP contribution in [0.25, 0.3) is 11.3 Å². The summed E-state index contributed by atoms with van der Waals surface area (Å²) in [5, 5.41) is 12.5. The van der Waals surface area contributed by atoms with E-state index in [2.05, 4.69) is 20.8 Å². The molecule has 7 heteroatoms. The van der Waals surface area contributed by atoms with Crippen molar-refractivity contribution in [1.29, 1.82) is 0 Å². The molecule has 0 aliphatic carbocycles. The number of rotatable bonds is 5. The van der Waals surface area contributed by atoms with E-state index in [-0.39, 0.29) is 12.5 Å². The molecule has 0 unspecified atom stereocenters. The zero-order valence-corrected chi connectivity index (χ0v) is 13.4. The van der Waals surface area contributed by atoms with Crippen LogP contribution in [-0.2, 0) is 11.3 Å². The number of amides is 1. The van der Waals surface area contributed by atoms with E-state index in [9.17, 15) is 4.79 Å². The van der Waals surface area contributed by atoms with Crippen molar-refractivity contribution in [1.82, 2.24) is 20.4 Å². The van der Waals surface area contributed by atoms with Gasteiger partial charge in [0.1, 0.15) is 12.2 Å².